The van der Waals surface area contributed by atoms with Crippen LogP contribution in [0.3, 0.4) is 0 Å². The maximum atomic E-state index is 12.3. The number of aliphatic carboxylic acids is 1. The Morgan fingerprint density at radius 2 is 2.00 bits per heavy atom. The average molecular weight is 353 g/mol. The normalized spacial score (nSPS) is 17.6. The Morgan fingerprint density at radius 3 is 2.65 bits per heavy atom. The van der Waals surface area contributed by atoms with Crippen molar-refractivity contribution in [1.29, 1.82) is 0 Å². The zero-order valence-electron chi connectivity index (χ0n) is 15.1. The van der Waals surface area contributed by atoms with Gasteiger partial charge in [-0.3, -0.25) is 10.00 Å². The standard InChI is InChI=1S/C19H23N5O2/c1-13-15(14(2)22-21-13)11-23-9-7-19(8-10-23,18(25)26)24-12-20-16-5-3-4-6-17(16)24/h3-6,12H,7-11H2,1-2H3,(H,21,22)(H,25,26). The molecule has 136 valence electrons. The summed E-state index contributed by atoms with van der Waals surface area (Å²) in [6, 6.07) is 7.71. The first-order chi connectivity index (χ1) is 12.5. The lowest BCUT2D eigenvalue weighted by molar-refractivity contribution is -0.150. The molecule has 0 saturated carbocycles. The van der Waals surface area contributed by atoms with Gasteiger partial charge in [0.15, 0.2) is 0 Å². The lowest BCUT2D eigenvalue weighted by atomic mass is 9.86. The van der Waals surface area contributed by atoms with E-state index in [9.17, 15) is 9.90 Å². The number of nitrogens with one attached hydrogen (secondary N) is 1. The van der Waals surface area contributed by atoms with Crippen LogP contribution in [-0.2, 0) is 16.9 Å². The van der Waals surface area contributed by atoms with E-state index in [4.69, 9.17) is 0 Å². The Hall–Kier alpha value is -2.67. The molecule has 0 aliphatic carbocycles. The number of carboxylic acid groups (broad SMARTS) is 1. The van der Waals surface area contributed by atoms with Gasteiger partial charge in [-0.2, -0.15) is 5.10 Å². The van der Waals surface area contributed by atoms with Crippen molar-refractivity contribution < 1.29 is 9.90 Å². The maximum Gasteiger partial charge on any atom is 0.330 e. The minimum atomic E-state index is -0.937. The summed E-state index contributed by atoms with van der Waals surface area (Å²) in [5.74, 6) is -0.782. The number of aromatic nitrogens is 4. The molecule has 1 aliphatic rings. The molecule has 4 rings (SSSR count). The fraction of sp³-hybridized carbons (Fsp3) is 0.421. The van der Waals surface area contributed by atoms with Crippen molar-refractivity contribution in [3.8, 4) is 0 Å². The highest BCUT2D eigenvalue weighted by Crippen LogP contribution is 2.34. The number of hydrogen-bond donors (Lipinski definition) is 2. The summed E-state index contributed by atoms with van der Waals surface area (Å²) in [6.07, 6.45) is 2.79. The number of fused-ring (bicyclic) bond motifs is 1. The number of nitrogens with zero attached hydrogens (tertiary/aromatic N) is 4. The quantitative estimate of drug-likeness (QED) is 0.752. The van der Waals surface area contributed by atoms with Gasteiger partial charge in [0.05, 0.1) is 23.1 Å². The van der Waals surface area contributed by atoms with E-state index in [1.165, 1.54) is 5.56 Å². The van der Waals surface area contributed by atoms with Crippen LogP contribution in [0.2, 0.25) is 0 Å². The fourth-order valence-corrected chi connectivity index (χ4v) is 3.97. The summed E-state index contributed by atoms with van der Waals surface area (Å²) in [4.78, 5) is 19.0. The van der Waals surface area contributed by atoms with Crippen molar-refractivity contribution in [3.63, 3.8) is 0 Å². The van der Waals surface area contributed by atoms with Crippen LogP contribution in [0.15, 0.2) is 30.6 Å². The second-order valence-electron chi connectivity index (χ2n) is 7.13. The number of aromatic amines is 1. The predicted octanol–water partition coefficient (Wildman–Crippen LogP) is 2.45. The number of imidazole rings is 1. The number of likely N-dealkylation sites (tertiary alicyclic amines) is 1. The van der Waals surface area contributed by atoms with Gasteiger partial charge in [-0.15, -0.1) is 0 Å². The highest BCUT2D eigenvalue weighted by molar-refractivity contribution is 5.82. The molecule has 1 aliphatic heterocycles. The summed E-state index contributed by atoms with van der Waals surface area (Å²) < 4.78 is 1.86. The molecule has 0 bridgehead atoms. The van der Waals surface area contributed by atoms with Gasteiger partial charge < -0.3 is 9.67 Å². The molecule has 0 amide bonds. The number of piperidine rings is 1. The first kappa shape index (κ1) is 16.8. The summed E-state index contributed by atoms with van der Waals surface area (Å²) in [6.45, 7) is 6.28. The van der Waals surface area contributed by atoms with Gasteiger partial charge in [0.2, 0.25) is 0 Å². The molecule has 7 nitrogen and oxygen atoms in total. The molecule has 1 aromatic carbocycles. The van der Waals surface area contributed by atoms with Crippen molar-refractivity contribution >= 4 is 17.0 Å². The van der Waals surface area contributed by atoms with E-state index in [0.717, 1.165) is 42.1 Å². The largest absolute Gasteiger partial charge is 0.479 e. The second kappa shape index (κ2) is 6.25. The molecule has 1 fully saturated rings. The molecule has 0 radical (unpaired) electrons. The van der Waals surface area contributed by atoms with Crippen molar-refractivity contribution in [2.75, 3.05) is 13.1 Å². The Kier molecular flexibility index (Phi) is 4.03. The van der Waals surface area contributed by atoms with E-state index in [2.05, 4.69) is 20.1 Å². The highest BCUT2D eigenvalue weighted by atomic mass is 16.4. The van der Waals surface area contributed by atoms with E-state index in [0.29, 0.717) is 12.8 Å². The van der Waals surface area contributed by atoms with Crippen molar-refractivity contribution in [2.24, 2.45) is 0 Å². The number of para-hydroxylation sites is 2. The Bertz CT molecular complexity index is 930. The molecule has 3 heterocycles. The van der Waals surface area contributed by atoms with Gasteiger partial charge in [0, 0.05) is 30.9 Å². The third-order valence-electron chi connectivity index (χ3n) is 5.66. The molecule has 2 N–H and O–H groups in total. The van der Waals surface area contributed by atoms with Crippen LogP contribution in [0, 0.1) is 13.8 Å². The Balaban J connectivity index is 1.59. The number of hydrogen-bond acceptors (Lipinski definition) is 4. The predicted molar refractivity (Wildman–Crippen MR) is 97.9 cm³/mol. The van der Waals surface area contributed by atoms with Crippen LogP contribution in [0.25, 0.3) is 11.0 Å². The van der Waals surface area contributed by atoms with Crippen LogP contribution < -0.4 is 0 Å². The topological polar surface area (TPSA) is 87.0 Å². The third kappa shape index (κ3) is 2.59. The molecule has 3 aromatic rings. The Morgan fingerprint density at radius 1 is 1.27 bits per heavy atom. The third-order valence-corrected chi connectivity index (χ3v) is 5.66. The number of rotatable bonds is 4. The number of aryl methyl sites for hydroxylation is 2. The summed E-state index contributed by atoms with van der Waals surface area (Å²) in [5, 5.41) is 17.3. The zero-order chi connectivity index (χ0) is 18.3. The maximum absolute atomic E-state index is 12.3. The molecule has 0 spiro atoms. The SMILES string of the molecule is Cc1n[nH]c(C)c1CN1CCC(C(=O)O)(n2cnc3ccccc32)CC1. The molecule has 7 heteroatoms. The summed E-state index contributed by atoms with van der Waals surface area (Å²) in [7, 11) is 0. The molecular formula is C19H23N5O2. The molecule has 0 atom stereocenters. The zero-order valence-corrected chi connectivity index (χ0v) is 15.1. The monoisotopic (exact) mass is 353 g/mol. The van der Waals surface area contributed by atoms with Gasteiger partial charge in [0.1, 0.15) is 5.54 Å². The van der Waals surface area contributed by atoms with Crippen LogP contribution >= 0.6 is 0 Å². The molecule has 1 saturated heterocycles. The van der Waals surface area contributed by atoms with E-state index < -0.39 is 11.5 Å². The average Bonchev–Trinajstić information content (AvgIpc) is 3.21. The minimum Gasteiger partial charge on any atom is -0.479 e. The smallest absolute Gasteiger partial charge is 0.330 e. The van der Waals surface area contributed by atoms with E-state index in [1.54, 1.807) is 6.33 Å². The van der Waals surface area contributed by atoms with Gasteiger partial charge in [-0.05, 0) is 38.8 Å². The highest BCUT2D eigenvalue weighted by Gasteiger charge is 2.44. The van der Waals surface area contributed by atoms with E-state index in [-0.39, 0.29) is 0 Å². The van der Waals surface area contributed by atoms with Crippen molar-refractivity contribution in [2.45, 2.75) is 38.8 Å². The van der Waals surface area contributed by atoms with Crippen LogP contribution in [0.5, 0.6) is 0 Å². The van der Waals surface area contributed by atoms with E-state index in [1.807, 2.05) is 42.7 Å². The lowest BCUT2D eigenvalue weighted by Crippen LogP contribution is -2.50. The van der Waals surface area contributed by atoms with E-state index >= 15 is 0 Å². The number of carbonyl (C=O) groups is 1. The van der Waals surface area contributed by atoms with Gasteiger partial charge in [-0.1, -0.05) is 12.1 Å². The first-order valence-electron chi connectivity index (χ1n) is 8.90. The van der Waals surface area contributed by atoms with Crippen LogP contribution in [0.1, 0.15) is 29.8 Å². The van der Waals surface area contributed by atoms with Gasteiger partial charge in [0.25, 0.3) is 0 Å². The molecule has 0 unspecified atom stereocenters. The number of H-pyrrole nitrogens is 1. The van der Waals surface area contributed by atoms with Crippen molar-refractivity contribution in [1.82, 2.24) is 24.6 Å². The van der Waals surface area contributed by atoms with Crippen LogP contribution in [-0.4, -0.2) is 48.8 Å². The first-order valence-corrected chi connectivity index (χ1v) is 8.90. The summed E-state index contributed by atoms with van der Waals surface area (Å²) in [5.41, 5.74) is 4.08. The molecular weight excluding hydrogens is 330 g/mol. The lowest BCUT2D eigenvalue weighted by Gasteiger charge is -2.40. The van der Waals surface area contributed by atoms with Crippen LogP contribution in [0.4, 0.5) is 0 Å². The van der Waals surface area contributed by atoms with Gasteiger partial charge in [-0.25, -0.2) is 9.78 Å². The second-order valence-corrected chi connectivity index (χ2v) is 7.13. The molecule has 2 aromatic heterocycles. The number of carboxylic acids is 1. The number of benzene rings is 1. The molecule has 26 heavy (non-hydrogen) atoms. The Labute approximate surface area is 151 Å². The minimum absolute atomic E-state index is 0.554. The van der Waals surface area contributed by atoms with Crippen molar-refractivity contribution in [3.05, 3.63) is 47.5 Å². The summed E-state index contributed by atoms with van der Waals surface area (Å²) >= 11 is 0. The fourth-order valence-electron chi connectivity index (χ4n) is 3.97. The van der Waals surface area contributed by atoms with Gasteiger partial charge >= 0.3 is 5.97 Å².